The fourth-order valence-corrected chi connectivity index (χ4v) is 1.43. The van der Waals surface area contributed by atoms with Crippen molar-refractivity contribution in [3.63, 3.8) is 0 Å². The average Bonchev–Trinajstić information content (AvgIpc) is 2.20. The quantitative estimate of drug-likeness (QED) is 0.771. The number of nitrogen functional groups attached to an aromatic ring is 1. The monoisotopic (exact) mass is 206 g/mol. The van der Waals surface area contributed by atoms with E-state index in [0.717, 1.165) is 0 Å². The van der Waals surface area contributed by atoms with Gasteiger partial charge in [-0.2, -0.15) is 0 Å². The number of hydrogen-bond acceptors (Lipinski definition) is 4. The fraction of sp³-hybridized carbons (Fsp3) is 0.200. The van der Waals surface area contributed by atoms with Crippen LogP contribution in [-0.2, 0) is 6.54 Å². The third-order valence-corrected chi connectivity index (χ3v) is 2.09. The summed E-state index contributed by atoms with van der Waals surface area (Å²) in [5.41, 5.74) is 5.98. The van der Waals surface area contributed by atoms with Crippen LogP contribution in [0.2, 0.25) is 0 Å². The summed E-state index contributed by atoms with van der Waals surface area (Å²) < 4.78 is 13.4. The molecule has 2 rings (SSSR count). The zero-order valence-electron chi connectivity index (χ0n) is 8.29. The number of halogens is 1. The molecule has 0 spiro atoms. The highest BCUT2D eigenvalue weighted by Crippen LogP contribution is 2.19. The second kappa shape index (κ2) is 3.78. The molecule has 2 aromatic rings. The normalized spacial score (nSPS) is 10.8. The Balaban J connectivity index is 2.68. The summed E-state index contributed by atoms with van der Waals surface area (Å²) in [6.45, 7) is 0.467. The van der Waals surface area contributed by atoms with Gasteiger partial charge in [-0.1, -0.05) is 6.07 Å². The van der Waals surface area contributed by atoms with Gasteiger partial charge >= 0.3 is 0 Å². The fourth-order valence-electron chi connectivity index (χ4n) is 1.43. The summed E-state index contributed by atoms with van der Waals surface area (Å²) in [5, 5.41) is 3.44. The van der Waals surface area contributed by atoms with Crippen LogP contribution >= 0.6 is 0 Å². The minimum Gasteiger partial charge on any atom is -0.383 e. The zero-order valence-corrected chi connectivity index (χ0v) is 8.29. The molecule has 15 heavy (non-hydrogen) atoms. The maximum Gasteiger partial charge on any atom is 0.149 e. The molecule has 0 amide bonds. The number of rotatable bonds is 2. The Kier molecular flexibility index (Phi) is 2.47. The molecule has 0 aliphatic carbocycles. The Hall–Kier alpha value is -1.75. The van der Waals surface area contributed by atoms with Crippen molar-refractivity contribution in [2.75, 3.05) is 12.8 Å². The summed E-state index contributed by atoms with van der Waals surface area (Å²) in [4.78, 5) is 8.17. The molecule has 5 heteroatoms. The van der Waals surface area contributed by atoms with Crippen molar-refractivity contribution in [3.05, 3.63) is 29.8 Å². The van der Waals surface area contributed by atoms with Crippen LogP contribution in [-0.4, -0.2) is 17.0 Å². The summed E-state index contributed by atoms with van der Waals surface area (Å²) in [6.07, 6.45) is 0. The molecular formula is C10H11FN4. The number of benzene rings is 1. The summed E-state index contributed by atoms with van der Waals surface area (Å²) in [7, 11) is 1.77. The van der Waals surface area contributed by atoms with Crippen LogP contribution in [0.5, 0.6) is 0 Å². The highest BCUT2D eigenvalue weighted by Gasteiger charge is 2.07. The van der Waals surface area contributed by atoms with E-state index < -0.39 is 0 Å². The number of para-hydroxylation sites is 1. The Labute approximate surface area is 86.3 Å². The van der Waals surface area contributed by atoms with Gasteiger partial charge < -0.3 is 11.1 Å². The van der Waals surface area contributed by atoms with Crippen LogP contribution in [0.15, 0.2) is 18.2 Å². The smallest absolute Gasteiger partial charge is 0.149 e. The number of fused-ring (bicyclic) bond motifs is 1. The van der Waals surface area contributed by atoms with E-state index in [0.29, 0.717) is 23.6 Å². The van der Waals surface area contributed by atoms with Crippen molar-refractivity contribution in [1.82, 2.24) is 15.3 Å². The van der Waals surface area contributed by atoms with Crippen molar-refractivity contribution in [3.8, 4) is 0 Å². The van der Waals surface area contributed by atoms with Crippen molar-refractivity contribution < 1.29 is 4.39 Å². The van der Waals surface area contributed by atoms with E-state index in [1.165, 1.54) is 6.07 Å². The minimum atomic E-state index is -0.376. The van der Waals surface area contributed by atoms with E-state index in [-0.39, 0.29) is 11.3 Å². The molecule has 0 saturated heterocycles. The third-order valence-electron chi connectivity index (χ3n) is 2.09. The first-order valence-electron chi connectivity index (χ1n) is 4.57. The molecule has 0 bridgehead atoms. The predicted molar refractivity (Wildman–Crippen MR) is 56.7 cm³/mol. The summed E-state index contributed by atoms with van der Waals surface area (Å²) in [5.74, 6) is 0.427. The van der Waals surface area contributed by atoms with Crippen LogP contribution in [0.25, 0.3) is 10.9 Å². The zero-order chi connectivity index (χ0) is 10.8. The Morgan fingerprint density at radius 1 is 1.40 bits per heavy atom. The lowest BCUT2D eigenvalue weighted by Crippen LogP contribution is -2.10. The molecule has 3 N–H and O–H groups in total. The molecule has 0 aliphatic rings. The first kappa shape index (κ1) is 9.79. The first-order chi connectivity index (χ1) is 7.22. The lowest BCUT2D eigenvalue weighted by Gasteiger charge is -2.05. The molecule has 1 aromatic heterocycles. The standard InChI is InChI=1S/C10H11FN4/c1-13-5-8-14-9-6(10(12)15-8)3-2-4-7(9)11/h2-4,13H,5H2,1H3,(H2,12,14,15). The summed E-state index contributed by atoms with van der Waals surface area (Å²) in [6, 6.07) is 4.66. The van der Waals surface area contributed by atoms with Gasteiger partial charge in [0.25, 0.3) is 0 Å². The maximum atomic E-state index is 13.4. The van der Waals surface area contributed by atoms with E-state index in [1.54, 1.807) is 19.2 Å². The number of anilines is 1. The molecule has 1 aromatic carbocycles. The Morgan fingerprint density at radius 3 is 2.93 bits per heavy atom. The van der Waals surface area contributed by atoms with Gasteiger partial charge in [-0.25, -0.2) is 14.4 Å². The summed E-state index contributed by atoms with van der Waals surface area (Å²) >= 11 is 0. The van der Waals surface area contributed by atoms with Crippen molar-refractivity contribution in [2.24, 2.45) is 0 Å². The van der Waals surface area contributed by atoms with Gasteiger partial charge in [-0.15, -0.1) is 0 Å². The molecule has 0 fully saturated rings. The number of aromatic nitrogens is 2. The molecule has 4 nitrogen and oxygen atoms in total. The molecule has 0 unspecified atom stereocenters. The van der Waals surface area contributed by atoms with Crippen molar-refractivity contribution in [2.45, 2.75) is 6.54 Å². The highest BCUT2D eigenvalue weighted by atomic mass is 19.1. The molecule has 0 radical (unpaired) electrons. The number of nitrogens with zero attached hydrogens (tertiary/aromatic N) is 2. The highest BCUT2D eigenvalue weighted by molar-refractivity contribution is 5.88. The third kappa shape index (κ3) is 1.73. The van der Waals surface area contributed by atoms with Gasteiger partial charge in [0, 0.05) is 5.39 Å². The molecule has 0 saturated carbocycles. The minimum absolute atomic E-state index is 0.273. The SMILES string of the molecule is CNCc1nc(N)c2cccc(F)c2n1. The molecular weight excluding hydrogens is 195 g/mol. The lowest BCUT2D eigenvalue weighted by atomic mass is 10.2. The molecule has 0 atom stereocenters. The Bertz CT molecular complexity index is 498. The van der Waals surface area contributed by atoms with Gasteiger partial charge in [0.15, 0.2) is 0 Å². The van der Waals surface area contributed by atoms with Gasteiger partial charge in [0.05, 0.1) is 6.54 Å². The van der Waals surface area contributed by atoms with Crippen LogP contribution in [0, 0.1) is 5.82 Å². The van der Waals surface area contributed by atoms with Gasteiger partial charge in [-0.05, 0) is 19.2 Å². The first-order valence-corrected chi connectivity index (χ1v) is 4.57. The molecule has 78 valence electrons. The predicted octanol–water partition coefficient (Wildman–Crippen LogP) is 1.07. The largest absolute Gasteiger partial charge is 0.383 e. The molecule has 1 heterocycles. The van der Waals surface area contributed by atoms with E-state index in [9.17, 15) is 4.39 Å². The van der Waals surface area contributed by atoms with Crippen molar-refractivity contribution in [1.29, 1.82) is 0 Å². The second-order valence-corrected chi connectivity index (χ2v) is 3.19. The van der Waals surface area contributed by atoms with E-state index >= 15 is 0 Å². The van der Waals surface area contributed by atoms with Gasteiger partial charge in [0.1, 0.15) is 23.0 Å². The van der Waals surface area contributed by atoms with Crippen LogP contribution in [0.1, 0.15) is 5.82 Å². The van der Waals surface area contributed by atoms with Gasteiger partial charge in [0.2, 0.25) is 0 Å². The average molecular weight is 206 g/mol. The van der Waals surface area contributed by atoms with Crippen LogP contribution in [0.4, 0.5) is 10.2 Å². The number of hydrogen-bond donors (Lipinski definition) is 2. The van der Waals surface area contributed by atoms with Crippen LogP contribution < -0.4 is 11.1 Å². The second-order valence-electron chi connectivity index (χ2n) is 3.19. The topological polar surface area (TPSA) is 63.8 Å². The van der Waals surface area contributed by atoms with E-state index in [4.69, 9.17) is 5.73 Å². The number of nitrogens with two attached hydrogens (primary N) is 1. The van der Waals surface area contributed by atoms with Gasteiger partial charge in [-0.3, -0.25) is 0 Å². The lowest BCUT2D eigenvalue weighted by molar-refractivity contribution is 0.634. The van der Waals surface area contributed by atoms with Crippen LogP contribution in [0.3, 0.4) is 0 Å². The number of nitrogens with one attached hydrogen (secondary N) is 1. The van der Waals surface area contributed by atoms with E-state index in [1.807, 2.05) is 0 Å². The Morgan fingerprint density at radius 2 is 2.20 bits per heavy atom. The molecule has 0 aliphatic heterocycles. The maximum absolute atomic E-state index is 13.4. The van der Waals surface area contributed by atoms with E-state index in [2.05, 4.69) is 15.3 Å². The van der Waals surface area contributed by atoms with Crippen molar-refractivity contribution >= 4 is 16.7 Å².